The molecule has 0 radical (unpaired) electrons. The van der Waals surface area contributed by atoms with E-state index >= 15 is 0 Å². The second-order valence-electron chi connectivity index (χ2n) is 7.90. The summed E-state index contributed by atoms with van der Waals surface area (Å²) in [6.45, 7) is -0.338. The van der Waals surface area contributed by atoms with E-state index in [-0.39, 0.29) is 12.1 Å². The van der Waals surface area contributed by atoms with Crippen molar-refractivity contribution < 1.29 is 24.5 Å². The third-order valence-electron chi connectivity index (χ3n) is 5.74. The first-order chi connectivity index (χ1) is 16.4. The van der Waals surface area contributed by atoms with Crippen LogP contribution < -0.4 is 16.6 Å². The lowest BCUT2D eigenvalue weighted by molar-refractivity contribution is -0.0626. The molecule has 10 nitrogen and oxygen atoms in total. The van der Waals surface area contributed by atoms with Gasteiger partial charge in [-0.3, -0.25) is 19.1 Å². The van der Waals surface area contributed by atoms with Gasteiger partial charge in [0, 0.05) is 19.9 Å². The molecule has 2 aromatic carbocycles. The largest absolute Gasteiger partial charge is 0.394 e. The van der Waals surface area contributed by atoms with Crippen molar-refractivity contribution in [3.05, 3.63) is 92.8 Å². The van der Waals surface area contributed by atoms with E-state index in [1.807, 2.05) is 54.6 Å². The number of hydrogen-bond donors (Lipinski definition) is 4. The molecule has 0 spiro atoms. The zero-order valence-electron chi connectivity index (χ0n) is 18.4. The Hall–Kier alpha value is -3.57. The number of carbonyl (C=O) groups is 1. The van der Waals surface area contributed by atoms with Crippen molar-refractivity contribution in [2.24, 2.45) is 0 Å². The number of rotatable bonds is 7. The molecule has 1 amide bonds. The normalized spacial score (nSPS) is 22.0. The average molecular weight is 467 g/mol. The summed E-state index contributed by atoms with van der Waals surface area (Å²) in [5.74, 6) is -0.689. The fourth-order valence-corrected chi connectivity index (χ4v) is 3.95. The summed E-state index contributed by atoms with van der Waals surface area (Å²) < 4.78 is 11.7. The van der Waals surface area contributed by atoms with E-state index in [4.69, 9.17) is 9.47 Å². The molecular weight excluding hydrogens is 442 g/mol. The summed E-state index contributed by atoms with van der Waals surface area (Å²) >= 11 is 0. The van der Waals surface area contributed by atoms with Gasteiger partial charge >= 0.3 is 5.69 Å². The number of nitrogens with zero attached hydrogens (tertiary/aromatic N) is 1. The molecule has 1 saturated heterocycles. The van der Waals surface area contributed by atoms with Crippen molar-refractivity contribution >= 4 is 5.91 Å². The molecule has 1 aliphatic rings. The number of aromatic nitrogens is 2. The summed E-state index contributed by atoms with van der Waals surface area (Å²) in [6, 6.07) is 17.4. The lowest BCUT2D eigenvalue weighted by atomic mass is 10.0. The summed E-state index contributed by atoms with van der Waals surface area (Å²) in [5, 5.41) is 22.3. The second-order valence-corrected chi connectivity index (χ2v) is 7.90. The van der Waals surface area contributed by atoms with Crippen LogP contribution in [0.5, 0.6) is 0 Å². The first kappa shape index (κ1) is 23.6. The second kappa shape index (κ2) is 10.1. The van der Waals surface area contributed by atoms with Gasteiger partial charge in [0.25, 0.3) is 11.5 Å². The molecule has 1 fully saturated rings. The number of ether oxygens (including phenoxy) is 2. The average Bonchev–Trinajstić information content (AvgIpc) is 3.18. The van der Waals surface area contributed by atoms with Gasteiger partial charge in [0.1, 0.15) is 23.9 Å². The molecule has 34 heavy (non-hydrogen) atoms. The summed E-state index contributed by atoms with van der Waals surface area (Å²) in [5.41, 5.74) is 0.843. The van der Waals surface area contributed by atoms with Crippen LogP contribution in [0, 0.1) is 0 Å². The van der Waals surface area contributed by atoms with Crippen molar-refractivity contribution in [3.63, 3.8) is 0 Å². The molecule has 4 atom stereocenters. The van der Waals surface area contributed by atoms with Crippen LogP contribution in [0.15, 0.2) is 70.4 Å². The maximum absolute atomic E-state index is 12.8. The Bertz CT molecular complexity index is 1270. The predicted molar refractivity (Wildman–Crippen MR) is 122 cm³/mol. The van der Waals surface area contributed by atoms with Crippen LogP contribution in [0.25, 0.3) is 11.1 Å². The Labute approximate surface area is 194 Å². The molecule has 2 heterocycles. The standard InChI is InChI=1S/C24H25N3O7/c1-33-20-19(29)18(13-28)34-23(20)27-12-17(22(31)26-24(27)32)21(30)25-11-14-6-5-9-16(10-14)15-7-3-2-4-8-15/h2-10,12,18-20,23,28-29H,11,13H2,1H3,(H,25,30)(H,26,31,32)/t18-,19+,20-,23-/m1/s1. The fraction of sp³-hybridized carbons (Fsp3) is 0.292. The van der Waals surface area contributed by atoms with Crippen LogP contribution in [0.4, 0.5) is 0 Å². The van der Waals surface area contributed by atoms with Gasteiger partial charge in [-0.1, -0.05) is 48.5 Å². The minimum atomic E-state index is -1.20. The molecule has 0 bridgehead atoms. The highest BCUT2D eigenvalue weighted by Gasteiger charge is 2.45. The van der Waals surface area contributed by atoms with Crippen LogP contribution >= 0.6 is 0 Å². The van der Waals surface area contributed by atoms with E-state index in [1.165, 1.54) is 7.11 Å². The highest BCUT2D eigenvalue weighted by atomic mass is 16.6. The van der Waals surface area contributed by atoms with E-state index in [0.717, 1.165) is 27.5 Å². The summed E-state index contributed by atoms with van der Waals surface area (Å²) in [6.07, 6.45) is -3.25. The molecule has 178 valence electrons. The van der Waals surface area contributed by atoms with Crippen molar-refractivity contribution in [1.82, 2.24) is 14.9 Å². The Balaban J connectivity index is 1.54. The fourth-order valence-electron chi connectivity index (χ4n) is 3.95. The SMILES string of the molecule is CO[C@@H]1[C@@H](O)[C@@H](CO)O[C@H]1n1cc(C(=O)NCc2cccc(-c3ccccc3)c2)c(=O)[nH]c1=O. The van der Waals surface area contributed by atoms with Crippen molar-refractivity contribution in [1.29, 1.82) is 0 Å². The molecule has 1 aliphatic heterocycles. The zero-order valence-corrected chi connectivity index (χ0v) is 18.4. The lowest BCUT2D eigenvalue weighted by Crippen LogP contribution is -2.41. The monoisotopic (exact) mass is 467 g/mol. The Morgan fingerprint density at radius 2 is 1.88 bits per heavy atom. The number of amides is 1. The first-order valence-electron chi connectivity index (χ1n) is 10.7. The quantitative estimate of drug-likeness (QED) is 0.394. The maximum atomic E-state index is 12.8. The van der Waals surface area contributed by atoms with E-state index in [9.17, 15) is 24.6 Å². The molecule has 0 aliphatic carbocycles. The number of methoxy groups -OCH3 is 1. The number of benzene rings is 2. The van der Waals surface area contributed by atoms with Gasteiger partial charge in [-0.15, -0.1) is 0 Å². The van der Waals surface area contributed by atoms with E-state index in [1.54, 1.807) is 0 Å². The van der Waals surface area contributed by atoms with Crippen molar-refractivity contribution in [2.75, 3.05) is 13.7 Å². The van der Waals surface area contributed by atoms with E-state index in [0.29, 0.717) is 0 Å². The van der Waals surface area contributed by atoms with Gasteiger partial charge in [-0.2, -0.15) is 0 Å². The lowest BCUT2D eigenvalue weighted by Gasteiger charge is -2.20. The van der Waals surface area contributed by atoms with Gasteiger partial charge < -0.3 is 25.0 Å². The van der Waals surface area contributed by atoms with Crippen LogP contribution in [0.1, 0.15) is 22.1 Å². The Kier molecular flexibility index (Phi) is 7.03. The number of H-pyrrole nitrogens is 1. The predicted octanol–water partition coefficient (Wildman–Crippen LogP) is 0.399. The van der Waals surface area contributed by atoms with Crippen molar-refractivity contribution in [2.45, 2.75) is 31.1 Å². The molecule has 10 heteroatoms. The Morgan fingerprint density at radius 1 is 1.15 bits per heavy atom. The maximum Gasteiger partial charge on any atom is 0.330 e. The third kappa shape index (κ3) is 4.70. The highest BCUT2D eigenvalue weighted by Crippen LogP contribution is 2.30. The molecular formula is C24H25N3O7. The molecule has 3 aromatic rings. The van der Waals surface area contributed by atoms with Gasteiger partial charge in [0.05, 0.1) is 6.61 Å². The number of nitrogens with one attached hydrogen (secondary N) is 2. The smallest absolute Gasteiger partial charge is 0.330 e. The number of carbonyl (C=O) groups excluding carboxylic acids is 1. The first-order valence-corrected chi connectivity index (χ1v) is 10.7. The molecule has 0 saturated carbocycles. The van der Waals surface area contributed by atoms with E-state index < -0.39 is 48.3 Å². The number of aromatic amines is 1. The zero-order chi connectivity index (χ0) is 24.2. The molecule has 0 unspecified atom stereocenters. The van der Waals surface area contributed by atoms with Crippen LogP contribution in [-0.4, -0.2) is 57.7 Å². The van der Waals surface area contributed by atoms with Gasteiger partial charge in [-0.25, -0.2) is 4.79 Å². The minimum Gasteiger partial charge on any atom is -0.394 e. The van der Waals surface area contributed by atoms with Crippen LogP contribution in [0.2, 0.25) is 0 Å². The van der Waals surface area contributed by atoms with Gasteiger partial charge in [0.15, 0.2) is 6.23 Å². The van der Waals surface area contributed by atoms with E-state index in [2.05, 4.69) is 10.3 Å². The molecule has 4 N–H and O–H groups in total. The summed E-state index contributed by atoms with van der Waals surface area (Å²) in [7, 11) is 1.32. The number of aliphatic hydroxyl groups excluding tert-OH is 2. The molecule has 1 aromatic heterocycles. The van der Waals surface area contributed by atoms with Gasteiger partial charge in [0.2, 0.25) is 0 Å². The van der Waals surface area contributed by atoms with Crippen molar-refractivity contribution in [3.8, 4) is 11.1 Å². The minimum absolute atomic E-state index is 0.157. The topological polar surface area (TPSA) is 143 Å². The third-order valence-corrected chi connectivity index (χ3v) is 5.74. The summed E-state index contributed by atoms with van der Waals surface area (Å²) in [4.78, 5) is 39.7. The van der Waals surface area contributed by atoms with Gasteiger partial charge in [-0.05, 0) is 22.8 Å². The number of aliphatic hydroxyl groups is 2. The number of hydrogen-bond acceptors (Lipinski definition) is 7. The molecule has 4 rings (SSSR count). The Morgan fingerprint density at radius 3 is 2.59 bits per heavy atom. The van der Waals surface area contributed by atoms with Crippen LogP contribution in [0.3, 0.4) is 0 Å². The highest BCUT2D eigenvalue weighted by molar-refractivity contribution is 5.93. The van der Waals surface area contributed by atoms with Crippen LogP contribution in [-0.2, 0) is 16.0 Å².